The van der Waals surface area contributed by atoms with Crippen molar-refractivity contribution < 1.29 is 9.53 Å². The molecule has 1 fully saturated rings. The normalized spacial score (nSPS) is 25.4. The molecule has 0 radical (unpaired) electrons. The molecule has 1 saturated carbocycles. The van der Waals surface area contributed by atoms with Crippen LogP contribution in [-0.4, -0.2) is 43.7 Å². The van der Waals surface area contributed by atoms with E-state index in [0.29, 0.717) is 25.2 Å². The lowest BCUT2D eigenvalue weighted by Gasteiger charge is -2.26. The van der Waals surface area contributed by atoms with Crippen molar-refractivity contribution in [3.63, 3.8) is 0 Å². The van der Waals surface area contributed by atoms with E-state index in [0.717, 1.165) is 32.1 Å². The highest BCUT2D eigenvalue weighted by atomic mass is 16.5. The minimum atomic E-state index is 0.175. The van der Waals surface area contributed by atoms with Gasteiger partial charge in [0, 0.05) is 33.2 Å². The third kappa shape index (κ3) is 4.94. The quantitative estimate of drug-likeness (QED) is 0.718. The maximum absolute atomic E-state index is 11.3. The SMILES string of the molecule is CN(C)C(=O)CCCOC1CCC(N)CC1. The Morgan fingerprint density at radius 1 is 1.31 bits per heavy atom. The fraction of sp³-hybridized carbons (Fsp3) is 0.917. The van der Waals surface area contributed by atoms with Gasteiger partial charge in [-0.2, -0.15) is 0 Å². The number of carbonyl (C=O) groups is 1. The number of hydrogen-bond acceptors (Lipinski definition) is 3. The topological polar surface area (TPSA) is 55.6 Å². The average molecular weight is 228 g/mol. The van der Waals surface area contributed by atoms with E-state index in [-0.39, 0.29) is 5.91 Å². The maximum Gasteiger partial charge on any atom is 0.222 e. The Morgan fingerprint density at radius 2 is 1.94 bits per heavy atom. The lowest BCUT2D eigenvalue weighted by atomic mass is 9.94. The predicted octanol–water partition coefficient (Wildman–Crippen LogP) is 1.14. The minimum absolute atomic E-state index is 0.175. The second-order valence-electron chi connectivity index (χ2n) is 4.80. The van der Waals surface area contributed by atoms with Gasteiger partial charge in [-0.05, 0) is 32.1 Å². The van der Waals surface area contributed by atoms with Gasteiger partial charge in [0.1, 0.15) is 0 Å². The molecule has 0 aromatic carbocycles. The van der Waals surface area contributed by atoms with Gasteiger partial charge < -0.3 is 15.4 Å². The predicted molar refractivity (Wildman–Crippen MR) is 64.1 cm³/mol. The van der Waals surface area contributed by atoms with Gasteiger partial charge in [-0.3, -0.25) is 4.79 Å². The molecule has 0 spiro atoms. The summed E-state index contributed by atoms with van der Waals surface area (Å²) in [6.07, 6.45) is 6.06. The van der Waals surface area contributed by atoms with Crippen molar-refractivity contribution in [3.8, 4) is 0 Å². The summed E-state index contributed by atoms with van der Waals surface area (Å²) < 4.78 is 5.74. The molecule has 4 nitrogen and oxygen atoms in total. The third-order valence-electron chi connectivity index (χ3n) is 3.11. The zero-order chi connectivity index (χ0) is 12.0. The molecule has 0 saturated heterocycles. The van der Waals surface area contributed by atoms with E-state index >= 15 is 0 Å². The molecule has 4 heteroatoms. The first-order chi connectivity index (χ1) is 7.59. The first-order valence-corrected chi connectivity index (χ1v) is 6.17. The molecule has 1 amide bonds. The van der Waals surface area contributed by atoms with Gasteiger partial charge in [0.25, 0.3) is 0 Å². The molecular weight excluding hydrogens is 204 g/mol. The van der Waals surface area contributed by atoms with Crippen LogP contribution in [0.2, 0.25) is 0 Å². The first-order valence-electron chi connectivity index (χ1n) is 6.17. The van der Waals surface area contributed by atoms with E-state index in [1.165, 1.54) is 0 Å². The standard InChI is InChI=1S/C12H24N2O2/c1-14(2)12(15)4-3-9-16-11-7-5-10(13)6-8-11/h10-11H,3-9,13H2,1-2H3. The summed E-state index contributed by atoms with van der Waals surface area (Å²) in [5.41, 5.74) is 5.82. The van der Waals surface area contributed by atoms with E-state index in [4.69, 9.17) is 10.5 Å². The second kappa shape index (κ2) is 6.86. The summed E-state index contributed by atoms with van der Waals surface area (Å²) in [4.78, 5) is 12.9. The van der Waals surface area contributed by atoms with Gasteiger partial charge >= 0.3 is 0 Å². The van der Waals surface area contributed by atoms with Crippen LogP contribution in [0.1, 0.15) is 38.5 Å². The van der Waals surface area contributed by atoms with Gasteiger partial charge in [0.2, 0.25) is 5.91 Å². The van der Waals surface area contributed by atoms with Crippen LogP contribution >= 0.6 is 0 Å². The van der Waals surface area contributed by atoms with Crippen LogP contribution in [0, 0.1) is 0 Å². The van der Waals surface area contributed by atoms with Crippen LogP contribution in [0.15, 0.2) is 0 Å². The monoisotopic (exact) mass is 228 g/mol. The Labute approximate surface area is 98.1 Å². The summed E-state index contributed by atoms with van der Waals surface area (Å²) in [7, 11) is 3.57. The highest BCUT2D eigenvalue weighted by Gasteiger charge is 2.18. The fourth-order valence-electron chi connectivity index (χ4n) is 1.95. The average Bonchev–Trinajstić information content (AvgIpc) is 2.26. The lowest BCUT2D eigenvalue weighted by Crippen LogP contribution is -2.30. The van der Waals surface area contributed by atoms with Crippen LogP contribution in [-0.2, 0) is 9.53 Å². The second-order valence-corrected chi connectivity index (χ2v) is 4.80. The number of carbonyl (C=O) groups excluding carboxylic acids is 1. The Bertz CT molecular complexity index is 211. The number of nitrogens with zero attached hydrogens (tertiary/aromatic N) is 1. The Kier molecular flexibility index (Phi) is 5.77. The highest BCUT2D eigenvalue weighted by Crippen LogP contribution is 2.19. The van der Waals surface area contributed by atoms with Crippen LogP contribution in [0.25, 0.3) is 0 Å². The smallest absolute Gasteiger partial charge is 0.222 e. The molecular formula is C12H24N2O2. The van der Waals surface area contributed by atoms with Crippen molar-refractivity contribution in [2.24, 2.45) is 5.73 Å². The molecule has 0 heterocycles. The summed E-state index contributed by atoms with van der Waals surface area (Å²) in [5, 5.41) is 0. The lowest BCUT2D eigenvalue weighted by molar-refractivity contribution is -0.129. The van der Waals surface area contributed by atoms with Gasteiger partial charge in [-0.15, -0.1) is 0 Å². The van der Waals surface area contributed by atoms with Crippen LogP contribution in [0.3, 0.4) is 0 Å². The highest BCUT2D eigenvalue weighted by molar-refractivity contribution is 5.75. The molecule has 0 atom stereocenters. The van der Waals surface area contributed by atoms with Crippen LogP contribution in [0.5, 0.6) is 0 Å². The molecule has 0 unspecified atom stereocenters. The van der Waals surface area contributed by atoms with Gasteiger partial charge in [-0.1, -0.05) is 0 Å². The third-order valence-corrected chi connectivity index (χ3v) is 3.11. The van der Waals surface area contributed by atoms with Crippen molar-refractivity contribution in [1.82, 2.24) is 4.90 Å². The molecule has 1 aliphatic rings. The molecule has 0 aromatic heterocycles. The fourth-order valence-corrected chi connectivity index (χ4v) is 1.95. The largest absolute Gasteiger partial charge is 0.378 e. The van der Waals surface area contributed by atoms with E-state index in [2.05, 4.69) is 0 Å². The van der Waals surface area contributed by atoms with Crippen molar-refractivity contribution >= 4 is 5.91 Å². The van der Waals surface area contributed by atoms with Crippen molar-refractivity contribution in [2.45, 2.75) is 50.7 Å². The molecule has 16 heavy (non-hydrogen) atoms. The van der Waals surface area contributed by atoms with Gasteiger partial charge in [0.05, 0.1) is 6.10 Å². The number of hydrogen-bond donors (Lipinski definition) is 1. The summed E-state index contributed by atoms with van der Waals surface area (Å²) >= 11 is 0. The Morgan fingerprint density at radius 3 is 2.50 bits per heavy atom. The summed E-state index contributed by atoms with van der Waals surface area (Å²) in [5.74, 6) is 0.175. The zero-order valence-corrected chi connectivity index (χ0v) is 10.4. The van der Waals surface area contributed by atoms with Crippen LogP contribution < -0.4 is 5.73 Å². The Hall–Kier alpha value is -0.610. The maximum atomic E-state index is 11.3. The molecule has 1 rings (SSSR count). The zero-order valence-electron chi connectivity index (χ0n) is 10.4. The molecule has 1 aliphatic carbocycles. The van der Waals surface area contributed by atoms with Crippen molar-refractivity contribution in [1.29, 1.82) is 0 Å². The Balaban J connectivity index is 2.01. The number of amides is 1. The van der Waals surface area contributed by atoms with Gasteiger partial charge in [0.15, 0.2) is 0 Å². The van der Waals surface area contributed by atoms with Crippen LogP contribution in [0.4, 0.5) is 0 Å². The van der Waals surface area contributed by atoms with Crippen molar-refractivity contribution in [2.75, 3.05) is 20.7 Å². The van der Waals surface area contributed by atoms with E-state index < -0.39 is 0 Å². The number of rotatable bonds is 5. The first kappa shape index (κ1) is 13.5. The molecule has 94 valence electrons. The molecule has 0 aliphatic heterocycles. The van der Waals surface area contributed by atoms with Gasteiger partial charge in [-0.25, -0.2) is 0 Å². The molecule has 0 aromatic rings. The number of nitrogens with two attached hydrogens (primary N) is 1. The van der Waals surface area contributed by atoms with E-state index in [1.807, 2.05) is 0 Å². The van der Waals surface area contributed by atoms with Crippen molar-refractivity contribution in [3.05, 3.63) is 0 Å². The van der Waals surface area contributed by atoms with E-state index in [1.54, 1.807) is 19.0 Å². The summed E-state index contributed by atoms with van der Waals surface area (Å²) in [6.45, 7) is 0.694. The van der Waals surface area contributed by atoms with E-state index in [9.17, 15) is 4.79 Å². The number of ether oxygens (including phenoxy) is 1. The summed E-state index contributed by atoms with van der Waals surface area (Å²) in [6, 6.07) is 0.371. The minimum Gasteiger partial charge on any atom is -0.378 e. The molecule has 2 N–H and O–H groups in total. The molecule has 0 bridgehead atoms.